The highest BCUT2D eigenvalue weighted by Crippen LogP contribution is 2.14. The average molecular weight is 225 g/mol. The monoisotopic (exact) mass is 225 g/mol. The van der Waals surface area contributed by atoms with Gasteiger partial charge in [-0.05, 0) is 30.3 Å². The van der Waals surface area contributed by atoms with Gasteiger partial charge < -0.3 is 10.5 Å². The van der Waals surface area contributed by atoms with Crippen LogP contribution >= 0.6 is 0 Å². The molecule has 0 saturated carbocycles. The lowest BCUT2D eigenvalue weighted by Gasteiger charge is -2.06. The number of pyridine rings is 1. The second-order valence-electron chi connectivity index (χ2n) is 3.51. The van der Waals surface area contributed by atoms with E-state index in [1.165, 1.54) is 0 Å². The first-order valence-corrected chi connectivity index (χ1v) is 5.11. The maximum atomic E-state index is 8.75. The lowest BCUT2D eigenvalue weighted by molar-refractivity contribution is 0.301. The number of anilines is 1. The Morgan fingerprint density at radius 1 is 1.29 bits per heavy atom. The Labute approximate surface area is 99.3 Å². The summed E-state index contributed by atoms with van der Waals surface area (Å²) in [6.45, 7) is 0.333. The topological polar surface area (TPSA) is 71.9 Å². The number of nitrogen functional groups attached to an aromatic ring is 1. The van der Waals surface area contributed by atoms with Gasteiger partial charge in [0.1, 0.15) is 12.4 Å². The molecule has 0 radical (unpaired) electrons. The predicted molar refractivity (Wildman–Crippen MR) is 64.1 cm³/mol. The van der Waals surface area contributed by atoms with Crippen molar-refractivity contribution in [2.45, 2.75) is 6.61 Å². The molecular formula is C13H11N3O. The van der Waals surface area contributed by atoms with E-state index in [2.05, 4.69) is 11.1 Å². The van der Waals surface area contributed by atoms with E-state index in [0.29, 0.717) is 23.6 Å². The summed E-state index contributed by atoms with van der Waals surface area (Å²) in [7, 11) is 0. The van der Waals surface area contributed by atoms with E-state index in [-0.39, 0.29) is 0 Å². The Morgan fingerprint density at radius 2 is 2.18 bits per heavy atom. The first-order chi connectivity index (χ1) is 8.28. The molecule has 0 spiro atoms. The molecule has 2 aromatic rings. The van der Waals surface area contributed by atoms with Gasteiger partial charge in [0.25, 0.3) is 0 Å². The minimum absolute atomic E-state index is 0.333. The molecule has 0 atom stereocenters. The van der Waals surface area contributed by atoms with Crippen molar-refractivity contribution in [3.63, 3.8) is 0 Å². The molecule has 4 nitrogen and oxygen atoms in total. The molecular weight excluding hydrogens is 214 g/mol. The van der Waals surface area contributed by atoms with E-state index in [4.69, 9.17) is 15.7 Å². The van der Waals surface area contributed by atoms with E-state index in [1.54, 1.807) is 42.6 Å². The lowest BCUT2D eigenvalue weighted by atomic mass is 10.2. The van der Waals surface area contributed by atoms with Crippen molar-refractivity contribution >= 4 is 5.69 Å². The number of hydrogen-bond acceptors (Lipinski definition) is 4. The van der Waals surface area contributed by atoms with Gasteiger partial charge in [-0.25, -0.2) is 0 Å². The van der Waals surface area contributed by atoms with Gasteiger partial charge in [0.05, 0.1) is 17.3 Å². The van der Waals surface area contributed by atoms with Crippen LogP contribution in [0, 0.1) is 11.3 Å². The van der Waals surface area contributed by atoms with Crippen LogP contribution in [-0.4, -0.2) is 4.98 Å². The van der Waals surface area contributed by atoms with Gasteiger partial charge in [-0.1, -0.05) is 6.07 Å². The second-order valence-corrected chi connectivity index (χ2v) is 3.51. The molecule has 0 aliphatic rings. The quantitative estimate of drug-likeness (QED) is 0.868. The number of benzene rings is 1. The number of nitrogens with zero attached hydrogens (tertiary/aromatic N) is 2. The van der Waals surface area contributed by atoms with Crippen molar-refractivity contribution in [3.8, 4) is 11.8 Å². The molecule has 0 bridgehead atoms. The maximum absolute atomic E-state index is 8.75. The number of hydrogen-bond donors (Lipinski definition) is 1. The molecule has 0 saturated heterocycles. The molecule has 1 heterocycles. The minimum Gasteiger partial charge on any atom is -0.487 e. The highest BCUT2D eigenvalue weighted by Gasteiger charge is 1.99. The second kappa shape index (κ2) is 4.99. The molecule has 4 heteroatoms. The number of rotatable bonds is 3. The van der Waals surface area contributed by atoms with Gasteiger partial charge in [0.2, 0.25) is 0 Å². The molecule has 0 fully saturated rings. The summed E-state index contributed by atoms with van der Waals surface area (Å²) in [5.41, 5.74) is 7.62. The van der Waals surface area contributed by atoms with Crippen molar-refractivity contribution in [1.82, 2.24) is 4.98 Å². The van der Waals surface area contributed by atoms with Crippen LogP contribution in [0.4, 0.5) is 5.69 Å². The van der Waals surface area contributed by atoms with Gasteiger partial charge in [0, 0.05) is 11.9 Å². The zero-order valence-corrected chi connectivity index (χ0v) is 9.13. The fraction of sp³-hybridized carbons (Fsp3) is 0.0769. The van der Waals surface area contributed by atoms with E-state index >= 15 is 0 Å². The Hall–Kier alpha value is -2.54. The van der Waals surface area contributed by atoms with Crippen LogP contribution in [0.3, 0.4) is 0 Å². The van der Waals surface area contributed by atoms with Gasteiger partial charge in [-0.2, -0.15) is 5.26 Å². The summed E-state index contributed by atoms with van der Waals surface area (Å²) in [5.74, 6) is 0.647. The van der Waals surface area contributed by atoms with E-state index in [0.717, 1.165) is 5.69 Å². The Bertz CT molecular complexity index is 561. The Balaban J connectivity index is 2.05. The van der Waals surface area contributed by atoms with Crippen molar-refractivity contribution in [2.24, 2.45) is 0 Å². The maximum Gasteiger partial charge on any atom is 0.130 e. The molecule has 1 aromatic heterocycles. The van der Waals surface area contributed by atoms with Crippen molar-refractivity contribution < 1.29 is 4.74 Å². The molecule has 0 aliphatic carbocycles. The molecule has 2 N–H and O–H groups in total. The summed E-state index contributed by atoms with van der Waals surface area (Å²) >= 11 is 0. The van der Waals surface area contributed by atoms with Crippen molar-refractivity contribution in [3.05, 3.63) is 53.9 Å². The van der Waals surface area contributed by atoms with E-state index in [9.17, 15) is 0 Å². The summed E-state index contributed by atoms with van der Waals surface area (Å²) in [6, 6.07) is 12.5. The summed E-state index contributed by atoms with van der Waals surface area (Å²) in [6.07, 6.45) is 1.64. The highest BCUT2D eigenvalue weighted by atomic mass is 16.5. The van der Waals surface area contributed by atoms with Crippen molar-refractivity contribution in [1.29, 1.82) is 5.26 Å². The van der Waals surface area contributed by atoms with E-state index < -0.39 is 0 Å². The van der Waals surface area contributed by atoms with Crippen LogP contribution in [0.5, 0.6) is 5.75 Å². The SMILES string of the molecule is N#Cc1cccc(OCc2cc(N)ccn2)c1. The molecule has 0 amide bonds. The smallest absolute Gasteiger partial charge is 0.130 e. The fourth-order valence-corrected chi connectivity index (χ4v) is 1.39. The summed E-state index contributed by atoms with van der Waals surface area (Å²) in [4.78, 5) is 4.13. The van der Waals surface area contributed by atoms with Crippen LogP contribution in [-0.2, 0) is 6.61 Å². The third kappa shape index (κ3) is 2.95. The van der Waals surface area contributed by atoms with E-state index in [1.807, 2.05) is 0 Å². The third-order valence-electron chi connectivity index (χ3n) is 2.19. The van der Waals surface area contributed by atoms with Gasteiger partial charge in [0.15, 0.2) is 0 Å². The van der Waals surface area contributed by atoms with Gasteiger partial charge in [-0.15, -0.1) is 0 Å². The molecule has 84 valence electrons. The average Bonchev–Trinajstić information content (AvgIpc) is 2.37. The Kier molecular flexibility index (Phi) is 3.22. The number of ether oxygens (including phenoxy) is 1. The largest absolute Gasteiger partial charge is 0.487 e. The zero-order valence-electron chi connectivity index (χ0n) is 9.13. The zero-order chi connectivity index (χ0) is 12.1. The molecule has 0 unspecified atom stereocenters. The van der Waals surface area contributed by atoms with Crippen LogP contribution in [0.1, 0.15) is 11.3 Å². The highest BCUT2D eigenvalue weighted by molar-refractivity contribution is 5.38. The third-order valence-corrected chi connectivity index (χ3v) is 2.19. The van der Waals surface area contributed by atoms with Crippen LogP contribution in [0.15, 0.2) is 42.6 Å². The Morgan fingerprint density at radius 3 is 2.94 bits per heavy atom. The molecule has 0 aliphatic heterocycles. The van der Waals surface area contributed by atoms with Crippen LogP contribution in [0.2, 0.25) is 0 Å². The molecule has 1 aromatic carbocycles. The van der Waals surface area contributed by atoms with Gasteiger partial charge >= 0.3 is 0 Å². The number of nitriles is 1. The summed E-state index contributed by atoms with van der Waals surface area (Å²) < 4.78 is 5.52. The van der Waals surface area contributed by atoms with Crippen molar-refractivity contribution in [2.75, 3.05) is 5.73 Å². The molecule has 2 rings (SSSR count). The fourth-order valence-electron chi connectivity index (χ4n) is 1.39. The lowest BCUT2D eigenvalue weighted by Crippen LogP contribution is -1.99. The number of aromatic nitrogens is 1. The normalized spacial score (nSPS) is 9.59. The van der Waals surface area contributed by atoms with Crippen LogP contribution < -0.4 is 10.5 Å². The van der Waals surface area contributed by atoms with Crippen LogP contribution in [0.25, 0.3) is 0 Å². The first-order valence-electron chi connectivity index (χ1n) is 5.11. The molecule has 17 heavy (non-hydrogen) atoms. The first kappa shape index (κ1) is 11.0. The van der Waals surface area contributed by atoms with Gasteiger partial charge in [-0.3, -0.25) is 4.98 Å². The predicted octanol–water partition coefficient (Wildman–Crippen LogP) is 2.11. The number of nitrogens with two attached hydrogens (primary N) is 1. The minimum atomic E-state index is 0.333. The summed E-state index contributed by atoms with van der Waals surface area (Å²) in [5, 5.41) is 8.75. The standard InChI is InChI=1S/C13H11N3O/c14-8-10-2-1-3-13(6-10)17-9-12-7-11(15)4-5-16-12/h1-7H,9H2,(H2,15,16).